The maximum absolute atomic E-state index is 13.4. The van der Waals surface area contributed by atoms with Crippen LogP contribution in [-0.4, -0.2) is 54.3 Å². The zero-order valence-corrected chi connectivity index (χ0v) is 19.9. The Morgan fingerprint density at radius 1 is 0.939 bits per heavy atom. The number of rotatable bonds is 5. The molecule has 0 unspecified atom stereocenters. The van der Waals surface area contributed by atoms with Crippen LogP contribution in [0.1, 0.15) is 54.4 Å². The molecule has 2 aromatic rings. The molecule has 5 rings (SSSR count). The lowest BCUT2D eigenvalue weighted by atomic mass is 9.71. The van der Waals surface area contributed by atoms with Crippen molar-refractivity contribution in [3.05, 3.63) is 64.7 Å². The van der Waals surface area contributed by atoms with E-state index >= 15 is 0 Å². The normalized spacial score (nSPS) is 20.2. The van der Waals surface area contributed by atoms with Gasteiger partial charge < -0.3 is 14.7 Å². The van der Waals surface area contributed by atoms with Crippen LogP contribution in [0.15, 0.2) is 48.5 Å². The quantitative estimate of drug-likeness (QED) is 0.625. The van der Waals surface area contributed by atoms with E-state index in [0.29, 0.717) is 19.5 Å². The van der Waals surface area contributed by atoms with Gasteiger partial charge in [-0.15, -0.1) is 0 Å². The summed E-state index contributed by atoms with van der Waals surface area (Å²) in [5.41, 5.74) is 2.95. The molecule has 1 saturated carbocycles. The molecular formula is C27H32ClN3O2. The smallest absolute Gasteiger partial charge is 0.254 e. The fourth-order valence-electron chi connectivity index (χ4n) is 5.86. The van der Waals surface area contributed by atoms with Crippen molar-refractivity contribution < 1.29 is 9.59 Å². The molecule has 5 nitrogen and oxygen atoms in total. The molecule has 2 heterocycles. The molecule has 2 fully saturated rings. The summed E-state index contributed by atoms with van der Waals surface area (Å²) in [4.78, 5) is 32.7. The minimum Gasteiger partial charge on any atom is -0.368 e. The van der Waals surface area contributed by atoms with E-state index in [1.807, 2.05) is 52.3 Å². The molecule has 0 aromatic heterocycles. The maximum Gasteiger partial charge on any atom is 0.254 e. The number of hydrogen-bond donors (Lipinski definition) is 0. The lowest BCUT2D eigenvalue weighted by molar-refractivity contribution is -0.135. The van der Waals surface area contributed by atoms with Gasteiger partial charge in [-0.25, -0.2) is 0 Å². The second-order valence-electron chi connectivity index (χ2n) is 9.90. The molecule has 2 aromatic carbocycles. The van der Waals surface area contributed by atoms with Crippen LogP contribution in [0.5, 0.6) is 0 Å². The largest absolute Gasteiger partial charge is 0.368 e. The summed E-state index contributed by atoms with van der Waals surface area (Å²) in [5.74, 6) is 0.366. The summed E-state index contributed by atoms with van der Waals surface area (Å²) in [5, 5.41) is 0.740. The lowest BCUT2D eigenvalue weighted by Crippen LogP contribution is -2.51. The number of carbonyl (C=O) groups excluding carboxylic acids is 2. The second-order valence-corrected chi connectivity index (χ2v) is 10.3. The predicted molar refractivity (Wildman–Crippen MR) is 132 cm³/mol. The number of carbonyl (C=O) groups is 2. The highest BCUT2D eigenvalue weighted by Gasteiger charge is 2.40. The van der Waals surface area contributed by atoms with E-state index in [0.717, 1.165) is 73.7 Å². The number of hydrogen-bond acceptors (Lipinski definition) is 3. The van der Waals surface area contributed by atoms with Gasteiger partial charge in [0.25, 0.3) is 5.91 Å². The van der Waals surface area contributed by atoms with Gasteiger partial charge in [0, 0.05) is 62.0 Å². The maximum atomic E-state index is 13.4. The minimum absolute atomic E-state index is 0.100. The highest BCUT2D eigenvalue weighted by Crippen LogP contribution is 2.42. The van der Waals surface area contributed by atoms with Crippen molar-refractivity contribution in [2.24, 2.45) is 5.41 Å². The molecule has 2 aliphatic heterocycles. The average Bonchev–Trinajstić information content (AvgIpc) is 3.14. The summed E-state index contributed by atoms with van der Waals surface area (Å²) in [6.45, 7) is 4.46. The third-order valence-electron chi connectivity index (χ3n) is 7.67. The van der Waals surface area contributed by atoms with Gasteiger partial charge in [-0.2, -0.15) is 0 Å². The van der Waals surface area contributed by atoms with E-state index in [2.05, 4.69) is 11.0 Å². The predicted octanol–water partition coefficient (Wildman–Crippen LogP) is 4.99. The first-order valence-corrected chi connectivity index (χ1v) is 12.6. The van der Waals surface area contributed by atoms with Crippen LogP contribution in [0.3, 0.4) is 0 Å². The van der Waals surface area contributed by atoms with Gasteiger partial charge in [0.15, 0.2) is 0 Å². The van der Waals surface area contributed by atoms with Gasteiger partial charge >= 0.3 is 0 Å². The molecule has 0 radical (unpaired) electrons. The average molecular weight is 466 g/mol. The third kappa shape index (κ3) is 4.74. The Morgan fingerprint density at radius 2 is 1.70 bits per heavy atom. The fraction of sp³-hybridized carbons (Fsp3) is 0.481. The van der Waals surface area contributed by atoms with Gasteiger partial charge in [-0.1, -0.05) is 55.1 Å². The van der Waals surface area contributed by atoms with Gasteiger partial charge in [0.1, 0.15) is 0 Å². The van der Waals surface area contributed by atoms with Gasteiger partial charge in [0.2, 0.25) is 5.91 Å². The Bertz CT molecular complexity index is 1030. The van der Waals surface area contributed by atoms with E-state index in [1.165, 1.54) is 6.42 Å². The van der Waals surface area contributed by atoms with Crippen LogP contribution in [0.4, 0.5) is 5.69 Å². The third-order valence-corrected chi connectivity index (χ3v) is 7.90. The van der Waals surface area contributed by atoms with Crippen molar-refractivity contribution in [1.29, 1.82) is 0 Å². The molecule has 3 aliphatic rings. The molecule has 1 aliphatic carbocycles. The number of halogens is 1. The first-order chi connectivity index (χ1) is 16.0. The van der Waals surface area contributed by atoms with E-state index in [9.17, 15) is 9.59 Å². The number of benzene rings is 2. The van der Waals surface area contributed by atoms with Crippen molar-refractivity contribution in [3.8, 4) is 0 Å². The summed E-state index contributed by atoms with van der Waals surface area (Å²) in [6.07, 6.45) is 6.12. The molecule has 0 N–H and O–H groups in total. The van der Waals surface area contributed by atoms with Crippen molar-refractivity contribution in [2.45, 2.75) is 45.1 Å². The van der Waals surface area contributed by atoms with Gasteiger partial charge in [-0.3, -0.25) is 9.59 Å². The number of fused-ring (bicyclic) bond motifs is 1. The zero-order chi connectivity index (χ0) is 22.8. The molecule has 6 heteroatoms. The topological polar surface area (TPSA) is 43.9 Å². The molecule has 0 atom stereocenters. The zero-order valence-electron chi connectivity index (χ0n) is 19.1. The lowest BCUT2D eigenvalue weighted by Gasteiger charge is -2.42. The number of piperazine rings is 1. The monoisotopic (exact) mass is 465 g/mol. The van der Waals surface area contributed by atoms with Crippen molar-refractivity contribution in [1.82, 2.24) is 9.80 Å². The first-order valence-electron chi connectivity index (χ1n) is 12.2. The Labute approximate surface area is 201 Å². The number of amides is 2. The molecule has 2 amide bonds. The van der Waals surface area contributed by atoms with Gasteiger partial charge in [-0.05, 0) is 48.1 Å². The molecule has 0 bridgehead atoms. The first kappa shape index (κ1) is 22.3. The molecular weight excluding hydrogens is 434 g/mol. The van der Waals surface area contributed by atoms with Crippen molar-refractivity contribution in [2.75, 3.05) is 37.6 Å². The van der Waals surface area contributed by atoms with Crippen LogP contribution < -0.4 is 4.90 Å². The molecule has 33 heavy (non-hydrogen) atoms. The van der Waals surface area contributed by atoms with Gasteiger partial charge in [0.05, 0.1) is 0 Å². The highest BCUT2D eigenvalue weighted by atomic mass is 35.5. The Kier molecular flexibility index (Phi) is 6.33. The van der Waals surface area contributed by atoms with Crippen LogP contribution in [-0.2, 0) is 11.3 Å². The Balaban J connectivity index is 1.23. The van der Waals surface area contributed by atoms with Crippen LogP contribution in [0.25, 0.3) is 0 Å². The minimum atomic E-state index is -0.100. The standard InChI is InChI=1S/C27H32ClN3O2/c28-22-8-6-9-23(17-22)29-13-15-30(16-14-29)25(32)18-27(11-4-1-5-12-27)20-31-19-21-7-2-3-10-24(21)26(31)33/h2-3,6-10,17H,1,4-5,11-16,18-20H2. The van der Waals surface area contributed by atoms with E-state index < -0.39 is 0 Å². The SMILES string of the molecule is O=C(CC1(CN2Cc3ccccc3C2=O)CCCCC1)N1CCN(c2cccc(Cl)c2)CC1. The second kappa shape index (κ2) is 9.38. The fourth-order valence-corrected chi connectivity index (χ4v) is 6.04. The van der Waals surface area contributed by atoms with Crippen LogP contribution in [0.2, 0.25) is 5.02 Å². The van der Waals surface area contributed by atoms with Crippen LogP contribution >= 0.6 is 11.6 Å². The van der Waals surface area contributed by atoms with E-state index in [1.54, 1.807) is 0 Å². The van der Waals surface area contributed by atoms with Crippen molar-refractivity contribution >= 4 is 29.1 Å². The van der Waals surface area contributed by atoms with Crippen LogP contribution in [0, 0.1) is 5.41 Å². The summed E-state index contributed by atoms with van der Waals surface area (Å²) in [6, 6.07) is 15.8. The molecule has 0 spiro atoms. The van der Waals surface area contributed by atoms with E-state index in [4.69, 9.17) is 11.6 Å². The Morgan fingerprint density at radius 3 is 2.42 bits per heavy atom. The summed E-state index contributed by atoms with van der Waals surface area (Å²) >= 11 is 6.16. The molecule has 1 saturated heterocycles. The summed E-state index contributed by atoms with van der Waals surface area (Å²) < 4.78 is 0. The highest BCUT2D eigenvalue weighted by molar-refractivity contribution is 6.30. The number of nitrogens with zero attached hydrogens (tertiary/aromatic N) is 3. The Hall–Kier alpha value is -2.53. The van der Waals surface area contributed by atoms with E-state index in [-0.39, 0.29) is 17.2 Å². The molecule has 174 valence electrons. The summed E-state index contributed by atoms with van der Waals surface area (Å²) in [7, 11) is 0. The van der Waals surface area contributed by atoms with Crippen molar-refractivity contribution in [3.63, 3.8) is 0 Å². The number of anilines is 1.